The zero-order valence-corrected chi connectivity index (χ0v) is 14.9. The number of carbonyl (C=O) groups excluding carboxylic acids is 1. The predicted octanol–water partition coefficient (Wildman–Crippen LogP) is 2.23. The van der Waals surface area contributed by atoms with Gasteiger partial charge >= 0.3 is 6.03 Å². The Balaban J connectivity index is 1.34. The Labute approximate surface area is 149 Å². The number of piperidine rings is 1. The Morgan fingerprint density at radius 2 is 2.04 bits per heavy atom. The van der Waals surface area contributed by atoms with E-state index in [0.29, 0.717) is 25.8 Å². The number of hydrogen-bond acceptors (Lipinski definition) is 4. The van der Waals surface area contributed by atoms with Crippen molar-refractivity contribution in [3.8, 4) is 11.5 Å². The van der Waals surface area contributed by atoms with E-state index in [1.54, 1.807) is 4.90 Å². The average molecular weight is 345 g/mol. The topological polar surface area (TPSA) is 54.0 Å². The van der Waals surface area contributed by atoms with Gasteiger partial charge in [-0.15, -0.1) is 0 Å². The third kappa shape index (κ3) is 3.54. The molecule has 3 heterocycles. The van der Waals surface area contributed by atoms with E-state index >= 15 is 0 Å². The second-order valence-corrected chi connectivity index (χ2v) is 7.28. The summed E-state index contributed by atoms with van der Waals surface area (Å²) in [5.41, 5.74) is 1.05. The molecule has 25 heavy (non-hydrogen) atoms. The molecule has 0 unspecified atom stereocenters. The van der Waals surface area contributed by atoms with E-state index in [1.807, 2.05) is 25.2 Å². The molecule has 0 saturated carbocycles. The number of nitrogens with one attached hydrogen (secondary N) is 1. The van der Waals surface area contributed by atoms with E-state index in [9.17, 15) is 4.79 Å². The molecule has 6 heteroatoms. The second-order valence-electron chi connectivity index (χ2n) is 7.28. The maximum Gasteiger partial charge on any atom is 0.317 e. The van der Waals surface area contributed by atoms with E-state index in [0.717, 1.165) is 30.0 Å². The number of ether oxygens (including phenoxy) is 2. The number of hydrogen-bond donors (Lipinski definition) is 1. The fourth-order valence-corrected chi connectivity index (χ4v) is 4.22. The SMILES string of the molecule is CN(Cc1ccc2c(c1)OCCO2)C(=O)N[C@@H]1CCN2CCCC[C@@H]12. The lowest BCUT2D eigenvalue weighted by Gasteiger charge is -2.33. The minimum Gasteiger partial charge on any atom is -0.486 e. The number of nitrogens with zero attached hydrogens (tertiary/aromatic N) is 2. The number of urea groups is 1. The van der Waals surface area contributed by atoms with Crippen molar-refractivity contribution < 1.29 is 14.3 Å². The van der Waals surface area contributed by atoms with Crippen LogP contribution in [0.2, 0.25) is 0 Å². The van der Waals surface area contributed by atoms with Crippen molar-refractivity contribution in [3.05, 3.63) is 23.8 Å². The Morgan fingerprint density at radius 1 is 1.20 bits per heavy atom. The van der Waals surface area contributed by atoms with Gasteiger partial charge in [0.2, 0.25) is 0 Å². The highest BCUT2D eigenvalue weighted by Crippen LogP contribution is 2.31. The molecular formula is C19H27N3O3. The smallest absolute Gasteiger partial charge is 0.317 e. The summed E-state index contributed by atoms with van der Waals surface area (Å²) in [6.07, 6.45) is 4.84. The quantitative estimate of drug-likeness (QED) is 0.913. The van der Waals surface area contributed by atoms with Gasteiger partial charge < -0.3 is 19.7 Å². The first-order valence-corrected chi connectivity index (χ1v) is 9.35. The number of rotatable bonds is 3. The first kappa shape index (κ1) is 16.5. The van der Waals surface area contributed by atoms with Crippen molar-refractivity contribution >= 4 is 6.03 Å². The summed E-state index contributed by atoms with van der Waals surface area (Å²) < 4.78 is 11.2. The Bertz CT molecular complexity index is 636. The molecule has 136 valence electrons. The van der Waals surface area contributed by atoms with Gasteiger partial charge in [-0.1, -0.05) is 12.5 Å². The van der Waals surface area contributed by atoms with Gasteiger partial charge in [0.15, 0.2) is 11.5 Å². The van der Waals surface area contributed by atoms with Crippen LogP contribution in [-0.2, 0) is 6.54 Å². The van der Waals surface area contributed by atoms with Crippen LogP contribution in [0.5, 0.6) is 11.5 Å². The summed E-state index contributed by atoms with van der Waals surface area (Å²) in [6, 6.07) is 6.71. The van der Waals surface area contributed by atoms with Crippen molar-refractivity contribution in [2.45, 2.75) is 44.3 Å². The van der Waals surface area contributed by atoms with Gasteiger partial charge in [0.25, 0.3) is 0 Å². The zero-order chi connectivity index (χ0) is 17.2. The molecule has 1 N–H and O–H groups in total. The Kier molecular flexibility index (Phi) is 4.70. The van der Waals surface area contributed by atoms with E-state index in [-0.39, 0.29) is 12.1 Å². The normalized spacial score (nSPS) is 25.3. The highest BCUT2D eigenvalue weighted by Gasteiger charge is 2.36. The number of fused-ring (bicyclic) bond motifs is 2. The molecule has 3 aliphatic rings. The number of benzene rings is 1. The summed E-state index contributed by atoms with van der Waals surface area (Å²) in [5, 5.41) is 3.25. The molecule has 0 radical (unpaired) electrons. The van der Waals surface area contributed by atoms with Crippen molar-refractivity contribution in [1.29, 1.82) is 0 Å². The van der Waals surface area contributed by atoms with Crippen LogP contribution in [-0.4, -0.2) is 61.3 Å². The maximum atomic E-state index is 12.6. The van der Waals surface area contributed by atoms with Gasteiger partial charge in [0.05, 0.1) is 0 Å². The molecule has 0 bridgehead atoms. The molecule has 4 rings (SSSR count). The van der Waals surface area contributed by atoms with Crippen LogP contribution in [0.1, 0.15) is 31.2 Å². The van der Waals surface area contributed by atoms with Crippen molar-refractivity contribution in [2.24, 2.45) is 0 Å². The molecule has 0 aromatic heterocycles. The first-order valence-electron chi connectivity index (χ1n) is 9.35. The van der Waals surface area contributed by atoms with E-state index < -0.39 is 0 Å². The highest BCUT2D eigenvalue weighted by molar-refractivity contribution is 5.74. The molecule has 0 spiro atoms. The number of amides is 2. The summed E-state index contributed by atoms with van der Waals surface area (Å²) in [6.45, 7) is 4.02. The summed E-state index contributed by atoms with van der Waals surface area (Å²) in [4.78, 5) is 16.9. The molecule has 2 saturated heterocycles. The largest absolute Gasteiger partial charge is 0.486 e. The van der Waals surface area contributed by atoms with E-state index in [1.165, 1.54) is 25.8 Å². The zero-order valence-electron chi connectivity index (χ0n) is 14.9. The van der Waals surface area contributed by atoms with Crippen LogP contribution in [0.15, 0.2) is 18.2 Å². The Morgan fingerprint density at radius 3 is 2.92 bits per heavy atom. The lowest BCUT2D eigenvalue weighted by molar-refractivity contribution is 0.169. The van der Waals surface area contributed by atoms with Crippen LogP contribution >= 0.6 is 0 Å². The van der Waals surface area contributed by atoms with Crippen molar-refractivity contribution in [3.63, 3.8) is 0 Å². The highest BCUT2D eigenvalue weighted by atomic mass is 16.6. The summed E-state index contributed by atoms with van der Waals surface area (Å²) in [5.74, 6) is 1.55. The van der Waals surface area contributed by atoms with Crippen LogP contribution in [0, 0.1) is 0 Å². The molecule has 1 aromatic carbocycles. The average Bonchev–Trinajstić information content (AvgIpc) is 3.04. The monoisotopic (exact) mass is 345 g/mol. The molecule has 0 aliphatic carbocycles. The fourth-order valence-electron chi connectivity index (χ4n) is 4.22. The molecule has 2 atom stereocenters. The second kappa shape index (κ2) is 7.12. The lowest BCUT2D eigenvalue weighted by atomic mass is 9.99. The van der Waals surface area contributed by atoms with Gasteiger partial charge in [-0.3, -0.25) is 4.90 Å². The van der Waals surface area contributed by atoms with Gasteiger partial charge in [0.1, 0.15) is 13.2 Å². The standard InChI is InChI=1S/C19H27N3O3/c1-21(13-14-5-6-17-18(12-14)25-11-10-24-17)19(23)20-15-7-9-22-8-3-2-4-16(15)22/h5-6,12,15-16H,2-4,7-11,13H2,1H3,(H,20,23)/t15-,16+/m1/s1. The van der Waals surface area contributed by atoms with Crippen LogP contribution in [0.4, 0.5) is 4.79 Å². The van der Waals surface area contributed by atoms with Crippen molar-refractivity contribution in [1.82, 2.24) is 15.1 Å². The predicted molar refractivity (Wildman–Crippen MR) is 95.0 cm³/mol. The minimum absolute atomic E-state index is 0.00677. The first-order chi connectivity index (χ1) is 12.2. The van der Waals surface area contributed by atoms with Crippen LogP contribution in [0.3, 0.4) is 0 Å². The lowest BCUT2D eigenvalue weighted by Crippen LogP contribution is -2.49. The van der Waals surface area contributed by atoms with Gasteiger partial charge in [-0.2, -0.15) is 0 Å². The van der Waals surface area contributed by atoms with Crippen LogP contribution < -0.4 is 14.8 Å². The molecule has 2 fully saturated rings. The summed E-state index contributed by atoms with van der Waals surface area (Å²) in [7, 11) is 1.85. The number of carbonyl (C=O) groups is 1. The van der Waals surface area contributed by atoms with Crippen LogP contribution in [0.25, 0.3) is 0 Å². The fraction of sp³-hybridized carbons (Fsp3) is 0.632. The van der Waals surface area contributed by atoms with E-state index in [2.05, 4.69) is 10.2 Å². The molecule has 1 aromatic rings. The minimum atomic E-state index is 0.00677. The maximum absolute atomic E-state index is 12.6. The molecular weight excluding hydrogens is 318 g/mol. The Hall–Kier alpha value is -1.95. The molecule has 6 nitrogen and oxygen atoms in total. The summed E-state index contributed by atoms with van der Waals surface area (Å²) >= 11 is 0. The molecule has 2 amide bonds. The van der Waals surface area contributed by atoms with E-state index in [4.69, 9.17) is 9.47 Å². The van der Waals surface area contributed by atoms with Gasteiger partial charge in [-0.25, -0.2) is 4.79 Å². The van der Waals surface area contributed by atoms with Gasteiger partial charge in [0, 0.05) is 32.2 Å². The third-order valence-electron chi connectivity index (χ3n) is 5.54. The van der Waals surface area contributed by atoms with Gasteiger partial charge in [-0.05, 0) is 43.5 Å². The van der Waals surface area contributed by atoms with Crippen molar-refractivity contribution in [2.75, 3.05) is 33.4 Å². The third-order valence-corrected chi connectivity index (χ3v) is 5.54. The molecule has 3 aliphatic heterocycles.